The highest BCUT2D eigenvalue weighted by molar-refractivity contribution is 5.94. The molecule has 2 heterocycles. The number of fused-ring (bicyclic) bond motifs is 1. The number of aromatic nitrogens is 2. The molecular weight excluding hydrogens is 395 g/mol. The summed E-state index contributed by atoms with van der Waals surface area (Å²) in [6.07, 6.45) is 2.07. The number of hydrogen-bond donors (Lipinski definition) is 0. The van der Waals surface area contributed by atoms with Gasteiger partial charge in [0.25, 0.3) is 0 Å². The van der Waals surface area contributed by atoms with Gasteiger partial charge in [0.2, 0.25) is 0 Å². The third-order valence-corrected chi connectivity index (χ3v) is 6.07. The van der Waals surface area contributed by atoms with Gasteiger partial charge in [-0.2, -0.15) is 0 Å². The Morgan fingerprint density at radius 3 is 2.48 bits per heavy atom. The maximum absolute atomic E-state index is 13.5. The number of nitrogens with zero attached hydrogens (tertiary/aromatic N) is 4. The van der Waals surface area contributed by atoms with Gasteiger partial charge in [-0.15, -0.1) is 0 Å². The van der Waals surface area contributed by atoms with E-state index in [2.05, 4.69) is 16.7 Å². The molecule has 0 bridgehead atoms. The lowest BCUT2D eigenvalue weighted by Gasteiger charge is -2.37. The number of carbonyl (C=O) groups excluding carboxylic acids is 1. The van der Waals surface area contributed by atoms with Crippen LogP contribution in [0.4, 0.5) is 10.2 Å². The van der Waals surface area contributed by atoms with Crippen molar-refractivity contribution in [1.82, 2.24) is 14.9 Å². The molecule has 1 aromatic heterocycles. The van der Waals surface area contributed by atoms with Gasteiger partial charge < -0.3 is 14.5 Å². The first-order chi connectivity index (χ1) is 15.0. The smallest absolute Gasteiger partial charge is 0.337 e. The highest BCUT2D eigenvalue weighted by atomic mass is 19.1. The molecule has 0 spiro atoms. The molecule has 0 amide bonds. The molecule has 162 valence electrons. The molecule has 0 saturated carbocycles. The summed E-state index contributed by atoms with van der Waals surface area (Å²) in [5.41, 5.74) is 3.25. The summed E-state index contributed by atoms with van der Waals surface area (Å²) in [4.78, 5) is 26.4. The van der Waals surface area contributed by atoms with E-state index in [0.29, 0.717) is 28.3 Å². The average molecular weight is 423 g/mol. The molecule has 3 aromatic rings. The summed E-state index contributed by atoms with van der Waals surface area (Å²) in [6, 6.07) is 11.8. The van der Waals surface area contributed by atoms with Gasteiger partial charge in [0.05, 0.1) is 23.7 Å². The van der Waals surface area contributed by atoms with Crippen molar-refractivity contribution in [1.29, 1.82) is 0 Å². The Bertz CT molecular complexity index is 1080. The summed E-state index contributed by atoms with van der Waals surface area (Å²) >= 11 is 0. The number of halogens is 1. The van der Waals surface area contributed by atoms with Gasteiger partial charge in [-0.1, -0.05) is 6.92 Å². The van der Waals surface area contributed by atoms with Gasteiger partial charge in [0.1, 0.15) is 11.5 Å². The van der Waals surface area contributed by atoms with E-state index in [4.69, 9.17) is 14.7 Å². The Morgan fingerprint density at radius 1 is 1.13 bits per heavy atom. The molecule has 6 nitrogen and oxygen atoms in total. The summed E-state index contributed by atoms with van der Waals surface area (Å²) in [6.45, 7) is 5.34. The fourth-order valence-corrected chi connectivity index (χ4v) is 4.13. The zero-order valence-corrected chi connectivity index (χ0v) is 18.1. The van der Waals surface area contributed by atoms with E-state index >= 15 is 0 Å². The van der Waals surface area contributed by atoms with Crippen LogP contribution in [0.5, 0.6) is 0 Å². The first kappa shape index (κ1) is 21.2. The van der Waals surface area contributed by atoms with Crippen LogP contribution in [0.1, 0.15) is 30.1 Å². The lowest BCUT2D eigenvalue weighted by atomic mass is 10.0. The molecule has 0 radical (unpaired) electrons. The second kappa shape index (κ2) is 8.98. The Balaban J connectivity index is 1.79. The molecule has 0 unspecified atom stereocenters. The predicted octanol–water partition coefficient (Wildman–Crippen LogP) is 4.14. The molecule has 1 saturated heterocycles. The first-order valence-electron chi connectivity index (χ1n) is 10.6. The van der Waals surface area contributed by atoms with Crippen LogP contribution in [-0.2, 0) is 4.74 Å². The Hall–Kier alpha value is -3.06. The lowest BCUT2D eigenvalue weighted by molar-refractivity contribution is 0.0601. The monoisotopic (exact) mass is 422 g/mol. The molecule has 0 N–H and O–H groups in total. The van der Waals surface area contributed by atoms with Gasteiger partial charge in [0.15, 0.2) is 5.82 Å². The van der Waals surface area contributed by atoms with Crippen LogP contribution in [0.15, 0.2) is 42.5 Å². The van der Waals surface area contributed by atoms with Crippen LogP contribution in [-0.4, -0.2) is 60.7 Å². The van der Waals surface area contributed by atoms with Crippen LogP contribution in [0.2, 0.25) is 0 Å². The maximum Gasteiger partial charge on any atom is 0.337 e. The molecule has 7 heteroatoms. The topological polar surface area (TPSA) is 58.6 Å². The molecule has 31 heavy (non-hydrogen) atoms. The van der Waals surface area contributed by atoms with Crippen molar-refractivity contribution in [2.75, 3.05) is 38.7 Å². The largest absolute Gasteiger partial charge is 0.465 e. The standard InChI is InChI=1S/C24H27FN4O2/c1-4-29-13-11-19(12-14-29)28(2)23-22(16-5-8-18(25)9-6-16)26-20-10-7-17(24(30)31-3)15-21(20)27-23/h5-10,15,19H,4,11-14H2,1-3H3. The van der Waals surface area contributed by atoms with E-state index in [1.165, 1.54) is 19.2 Å². The molecule has 0 aliphatic carbocycles. The van der Waals surface area contributed by atoms with Crippen LogP contribution >= 0.6 is 0 Å². The third-order valence-electron chi connectivity index (χ3n) is 6.07. The number of benzene rings is 2. The number of rotatable bonds is 5. The minimum absolute atomic E-state index is 0.290. The van der Waals surface area contributed by atoms with Crippen molar-refractivity contribution in [3.8, 4) is 11.3 Å². The SMILES string of the molecule is CCN1CCC(N(C)c2nc3cc(C(=O)OC)ccc3nc2-c2ccc(F)cc2)CC1. The van der Waals surface area contributed by atoms with Crippen LogP contribution < -0.4 is 4.90 Å². The van der Waals surface area contributed by atoms with E-state index in [1.54, 1.807) is 30.3 Å². The molecule has 0 atom stereocenters. The van der Waals surface area contributed by atoms with Crippen molar-refractivity contribution < 1.29 is 13.9 Å². The number of esters is 1. The number of methoxy groups -OCH3 is 1. The second-order valence-corrected chi connectivity index (χ2v) is 7.87. The Kier molecular flexibility index (Phi) is 6.13. The van der Waals surface area contributed by atoms with Crippen LogP contribution in [0.25, 0.3) is 22.3 Å². The van der Waals surface area contributed by atoms with Crippen molar-refractivity contribution in [3.63, 3.8) is 0 Å². The fourth-order valence-electron chi connectivity index (χ4n) is 4.13. The Morgan fingerprint density at radius 2 is 1.84 bits per heavy atom. The van der Waals surface area contributed by atoms with Crippen molar-refractivity contribution in [3.05, 3.63) is 53.8 Å². The van der Waals surface area contributed by atoms with Gasteiger partial charge in [-0.05, 0) is 61.9 Å². The normalized spacial score (nSPS) is 15.2. The summed E-state index contributed by atoms with van der Waals surface area (Å²) in [5.74, 6) is 0.0336. The average Bonchev–Trinajstić information content (AvgIpc) is 2.82. The summed E-state index contributed by atoms with van der Waals surface area (Å²) in [5, 5.41) is 0. The van der Waals surface area contributed by atoms with E-state index in [1.807, 2.05) is 7.05 Å². The third kappa shape index (κ3) is 4.37. The maximum atomic E-state index is 13.5. The lowest BCUT2D eigenvalue weighted by Crippen LogP contribution is -2.43. The zero-order chi connectivity index (χ0) is 22.0. The summed E-state index contributed by atoms with van der Waals surface area (Å²) < 4.78 is 18.4. The van der Waals surface area contributed by atoms with Gasteiger partial charge in [0, 0.05) is 31.7 Å². The van der Waals surface area contributed by atoms with E-state index in [0.717, 1.165) is 43.9 Å². The van der Waals surface area contributed by atoms with Gasteiger partial charge in [-0.25, -0.2) is 19.2 Å². The van der Waals surface area contributed by atoms with Crippen molar-refractivity contribution in [2.24, 2.45) is 0 Å². The number of ether oxygens (including phenoxy) is 1. The quantitative estimate of drug-likeness (QED) is 0.576. The van der Waals surface area contributed by atoms with E-state index < -0.39 is 5.97 Å². The number of hydrogen-bond acceptors (Lipinski definition) is 6. The van der Waals surface area contributed by atoms with Crippen LogP contribution in [0, 0.1) is 5.82 Å². The molecule has 4 rings (SSSR count). The van der Waals surface area contributed by atoms with E-state index in [9.17, 15) is 9.18 Å². The number of piperidine rings is 1. The minimum Gasteiger partial charge on any atom is -0.465 e. The molecular formula is C24H27FN4O2. The highest BCUT2D eigenvalue weighted by Gasteiger charge is 2.25. The first-order valence-corrected chi connectivity index (χ1v) is 10.6. The van der Waals surface area contributed by atoms with Crippen molar-refractivity contribution >= 4 is 22.8 Å². The fraction of sp³-hybridized carbons (Fsp3) is 0.375. The Labute approximate surface area is 181 Å². The highest BCUT2D eigenvalue weighted by Crippen LogP contribution is 2.32. The second-order valence-electron chi connectivity index (χ2n) is 7.87. The summed E-state index contributed by atoms with van der Waals surface area (Å²) in [7, 11) is 3.40. The molecule has 1 fully saturated rings. The molecule has 2 aromatic carbocycles. The minimum atomic E-state index is -0.409. The number of likely N-dealkylation sites (tertiary alicyclic amines) is 1. The van der Waals surface area contributed by atoms with Gasteiger partial charge in [-0.3, -0.25) is 0 Å². The molecule has 1 aliphatic rings. The van der Waals surface area contributed by atoms with Gasteiger partial charge >= 0.3 is 5.97 Å². The zero-order valence-electron chi connectivity index (χ0n) is 18.1. The van der Waals surface area contributed by atoms with E-state index in [-0.39, 0.29) is 5.82 Å². The predicted molar refractivity (Wildman–Crippen MR) is 120 cm³/mol. The van der Waals surface area contributed by atoms with Crippen LogP contribution in [0.3, 0.4) is 0 Å². The number of carbonyl (C=O) groups is 1. The molecule has 1 aliphatic heterocycles. The van der Waals surface area contributed by atoms with Crippen molar-refractivity contribution in [2.45, 2.75) is 25.8 Å². The number of anilines is 1.